The molecule has 1 aliphatic heterocycles. The molecule has 3 aromatic rings. The Balaban J connectivity index is 1.41. The molecule has 0 unspecified atom stereocenters. The lowest BCUT2D eigenvalue weighted by atomic mass is 9.95. The largest absolute Gasteiger partial charge is 0.337 e. The highest BCUT2D eigenvalue weighted by Crippen LogP contribution is 2.21. The van der Waals surface area contributed by atoms with Crippen molar-refractivity contribution in [2.24, 2.45) is 5.92 Å². The van der Waals surface area contributed by atoms with Gasteiger partial charge in [0.2, 0.25) is 5.91 Å². The average molecular weight is 375 g/mol. The molecule has 2 heterocycles. The van der Waals surface area contributed by atoms with Crippen LogP contribution in [0.4, 0.5) is 5.69 Å². The Morgan fingerprint density at radius 1 is 0.964 bits per heavy atom. The number of aromatic nitrogens is 1. The lowest BCUT2D eigenvalue weighted by Gasteiger charge is -2.31. The number of carbonyl (C=O) groups is 2. The topological polar surface area (TPSA) is 82.3 Å². The van der Waals surface area contributed by atoms with E-state index in [0.717, 1.165) is 11.1 Å². The summed E-state index contributed by atoms with van der Waals surface area (Å²) in [7, 11) is 0. The minimum absolute atomic E-state index is 0.0163. The second-order valence-corrected chi connectivity index (χ2v) is 7.02. The summed E-state index contributed by atoms with van der Waals surface area (Å²) >= 11 is 0. The minimum Gasteiger partial charge on any atom is -0.337 e. The van der Waals surface area contributed by atoms with E-state index in [2.05, 4.69) is 10.3 Å². The minimum atomic E-state index is -0.265. The summed E-state index contributed by atoms with van der Waals surface area (Å²) in [5, 5.41) is 4.23. The van der Waals surface area contributed by atoms with Crippen LogP contribution in [-0.4, -0.2) is 34.8 Å². The highest BCUT2D eigenvalue weighted by atomic mass is 16.2. The summed E-state index contributed by atoms with van der Waals surface area (Å²) in [5.74, 6) is -0.345. The van der Waals surface area contributed by atoms with Crippen LogP contribution >= 0.6 is 0 Å². The Hall–Kier alpha value is -3.41. The van der Waals surface area contributed by atoms with Crippen molar-refractivity contribution in [1.82, 2.24) is 9.88 Å². The number of carbonyl (C=O) groups excluding carboxylic acids is 2. The van der Waals surface area contributed by atoms with E-state index in [1.807, 2.05) is 42.5 Å². The summed E-state index contributed by atoms with van der Waals surface area (Å²) in [6.07, 6.45) is 1.20. The van der Waals surface area contributed by atoms with Crippen molar-refractivity contribution in [2.45, 2.75) is 12.8 Å². The van der Waals surface area contributed by atoms with Crippen LogP contribution in [0.2, 0.25) is 0 Å². The van der Waals surface area contributed by atoms with Crippen LogP contribution in [0.1, 0.15) is 23.3 Å². The number of aromatic amines is 1. The predicted octanol–water partition coefficient (Wildman–Crippen LogP) is 3.02. The molecule has 2 N–H and O–H groups in total. The molecule has 1 aliphatic rings. The number of nitrogens with zero attached hydrogens (tertiary/aromatic N) is 1. The van der Waals surface area contributed by atoms with Crippen LogP contribution in [0.15, 0.2) is 65.5 Å². The van der Waals surface area contributed by atoms with Crippen LogP contribution in [0.5, 0.6) is 0 Å². The fourth-order valence-corrected chi connectivity index (χ4v) is 3.61. The number of amides is 2. The zero-order chi connectivity index (χ0) is 19.5. The van der Waals surface area contributed by atoms with Crippen LogP contribution in [0.25, 0.3) is 10.8 Å². The number of piperidine rings is 1. The predicted molar refractivity (Wildman–Crippen MR) is 108 cm³/mol. The van der Waals surface area contributed by atoms with Gasteiger partial charge >= 0.3 is 0 Å². The number of fused-ring (bicyclic) bond motifs is 1. The number of hydrogen-bond acceptors (Lipinski definition) is 3. The van der Waals surface area contributed by atoms with Gasteiger partial charge in [-0.15, -0.1) is 0 Å². The molecule has 0 atom stereocenters. The highest BCUT2D eigenvalue weighted by molar-refractivity contribution is 5.97. The molecule has 142 valence electrons. The summed E-state index contributed by atoms with van der Waals surface area (Å²) in [5.41, 5.74) is 0.800. The third-order valence-electron chi connectivity index (χ3n) is 5.18. The fourth-order valence-electron chi connectivity index (χ4n) is 3.61. The van der Waals surface area contributed by atoms with Crippen molar-refractivity contribution in [3.05, 3.63) is 76.7 Å². The molecule has 4 rings (SSSR count). The number of para-hydroxylation sites is 1. The van der Waals surface area contributed by atoms with Gasteiger partial charge in [-0.05, 0) is 42.5 Å². The first kappa shape index (κ1) is 18.0. The standard InChI is InChI=1S/C22H21N3O3/c26-20(23-17-7-2-1-3-8-17)15-10-12-25(13-11-15)22(28)19-14-16-6-4-5-9-18(16)21(27)24-19/h1-9,14-15H,10-13H2,(H,23,26)(H,24,27). The van der Waals surface area contributed by atoms with Gasteiger partial charge in [0.05, 0.1) is 0 Å². The van der Waals surface area contributed by atoms with E-state index in [0.29, 0.717) is 31.3 Å². The first-order valence-electron chi connectivity index (χ1n) is 9.39. The molecular weight excluding hydrogens is 354 g/mol. The summed E-state index contributed by atoms with van der Waals surface area (Å²) in [6.45, 7) is 0.973. The van der Waals surface area contributed by atoms with Crippen molar-refractivity contribution in [3.63, 3.8) is 0 Å². The van der Waals surface area contributed by atoms with Gasteiger partial charge in [-0.3, -0.25) is 14.4 Å². The molecule has 6 heteroatoms. The molecule has 0 aliphatic carbocycles. The molecule has 2 aromatic carbocycles. The molecule has 0 spiro atoms. The third-order valence-corrected chi connectivity index (χ3v) is 5.18. The van der Waals surface area contributed by atoms with E-state index in [4.69, 9.17) is 0 Å². The normalized spacial score (nSPS) is 14.8. The number of pyridine rings is 1. The zero-order valence-corrected chi connectivity index (χ0v) is 15.4. The Labute approximate surface area is 162 Å². The summed E-state index contributed by atoms with van der Waals surface area (Å²) < 4.78 is 0. The zero-order valence-electron chi connectivity index (χ0n) is 15.4. The number of H-pyrrole nitrogens is 1. The summed E-state index contributed by atoms with van der Waals surface area (Å²) in [4.78, 5) is 41.9. The second-order valence-electron chi connectivity index (χ2n) is 7.02. The van der Waals surface area contributed by atoms with Crippen molar-refractivity contribution in [1.29, 1.82) is 0 Å². The van der Waals surface area contributed by atoms with E-state index in [-0.39, 0.29) is 29.0 Å². The molecule has 1 saturated heterocycles. The fraction of sp³-hybridized carbons (Fsp3) is 0.227. The Bertz CT molecular complexity index is 1070. The van der Waals surface area contributed by atoms with E-state index < -0.39 is 0 Å². The molecule has 6 nitrogen and oxygen atoms in total. The van der Waals surface area contributed by atoms with E-state index in [9.17, 15) is 14.4 Å². The maximum absolute atomic E-state index is 12.8. The second kappa shape index (κ2) is 7.68. The summed E-state index contributed by atoms with van der Waals surface area (Å²) in [6, 6.07) is 18.3. The molecule has 1 aromatic heterocycles. The highest BCUT2D eigenvalue weighted by Gasteiger charge is 2.28. The Morgan fingerprint density at radius 2 is 1.64 bits per heavy atom. The van der Waals surface area contributed by atoms with Crippen LogP contribution in [0.3, 0.4) is 0 Å². The lowest BCUT2D eigenvalue weighted by Crippen LogP contribution is -2.42. The van der Waals surface area contributed by atoms with Gasteiger partial charge in [-0.1, -0.05) is 36.4 Å². The van der Waals surface area contributed by atoms with Crippen molar-refractivity contribution >= 4 is 28.3 Å². The number of rotatable bonds is 3. The number of nitrogens with one attached hydrogen (secondary N) is 2. The smallest absolute Gasteiger partial charge is 0.270 e. The van der Waals surface area contributed by atoms with Crippen LogP contribution in [-0.2, 0) is 4.79 Å². The Morgan fingerprint density at radius 3 is 2.39 bits per heavy atom. The molecular formula is C22H21N3O3. The number of benzene rings is 2. The van der Waals surface area contributed by atoms with Gasteiger partial charge in [0.25, 0.3) is 11.5 Å². The van der Waals surface area contributed by atoms with E-state index in [1.54, 1.807) is 23.1 Å². The van der Waals surface area contributed by atoms with Crippen LogP contribution in [0, 0.1) is 5.92 Å². The Kier molecular flexibility index (Phi) is 4.93. The maximum Gasteiger partial charge on any atom is 0.270 e. The molecule has 2 amide bonds. The first-order chi connectivity index (χ1) is 13.6. The van der Waals surface area contributed by atoms with Gasteiger partial charge in [0.1, 0.15) is 5.69 Å². The number of hydrogen-bond donors (Lipinski definition) is 2. The molecule has 28 heavy (non-hydrogen) atoms. The molecule has 0 saturated carbocycles. The average Bonchev–Trinajstić information content (AvgIpc) is 2.74. The van der Waals surface area contributed by atoms with Gasteiger partial charge < -0.3 is 15.2 Å². The van der Waals surface area contributed by atoms with E-state index in [1.165, 1.54) is 0 Å². The van der Waals surface area contributed by atoms with E-state index >= 15 is 0 Å². The monoisotopic (exact) mass is 375 g/mol. The molecule has 0 bridgehead atoms. The van der Waals surface area contributed by atoms with Crippen molar-refractivity contribution < 1.29 is 9.59 Å². The SMILES string of the molecule is O=C(Nc1ccccc1)C1CCN(C(=O)c2cc3ccccc3c(=O)[nH]2)CC1. The van der Waals surface area contributed by atoms with Gasteiger partial charge in [-0.25, -0.2) is 0 Å². The van der Waals surface area contributed by atoms with Gasteiger partial charge in [0, 0.05) is 30.1 Å². The van der Waals surface area contributed by atoms with Crippen molar-refractivity contribution in [2.75, 3.05) is 18.4 Å². The lowest BCUT2D eigenvalue weighted by molar-refractivity contribution is -0.121. The number of anilines is 1. The maximum atomic E-state index is 12.8. The quantitative estimate of drug-likeness (QED) is 0.738. The van der Waals surface area contributed by atoms with Gasteiger partial charge in [0.15, 0.2) is 0 Å². The van der Waals surface area contributed by atoms with Crippen molar-refractivity contribution in [3.8, 4) is 0 Å². The number of likely N-dealkylation sites (tertiary alicyclic amines) is 1. The molecule has 1 fully saturated rings. The third kappa shape index (κ3) is 3.67. The molecule has 0 radical (unpaired) electrons. The van der Waals surface area contributed by atoms with Gasteiger partial charge in [-0.2, -0.15) is 0 Å². The first-order valence-corrected chi connectivity index (χ1v) is 9.39. The van der Waals surface area contributed by atoms with Crippen LogP contribution < -0.4 is 10.9 Å².